The first-order valence-corrected chi connectivity index (χ1v) is 51.3. The van der Waals surface area contributed by atoms with Crippen molar-refractivity contribution in [1.82, 2.24) is 99.9 Å². The van der Waals surface area contributed by atoms with Crippen molar-refractivity contribution in [2.24, 2.45) is 70.1 Å². The molecule has 3 heterocycles. The van der Waals surface area contributed by atoms with E-state index in [0.717, 1.165) is 4.90 Å². The number of aliphatic carboxylic acids is 3. The summed E-state index contributed by atoms with van der Waals surface area (Å²) in [7, 11) is 0. The van der Waals surface area contributed by atoms with E-state index in [1.165, 1.54) is 0 Å². The van der Waals surface area contributed by atoms with Crippen molar-refractivity contribution in [3.63, 3.8) is 0 Å². The number of nitrogens with zero attached hydrogens (tertiary/aromatic N) is 1. The summed E-state index contributed by atoms with van der Waals surface area (Å²) in [5, 5.41) is 71.9. The highest BCUT2D eigenvalue weighted by Crippen LogP contribution is 2.26. The second-order valence-corrected chi connectivity index (χ2v) is 40.4. The van der Waals surface area contributed by atoms with Gasteiger partial charge >= 0.3 is 17.9 Å². The van der Waals surface area contributed by atoms with Crippen LogP contribution in [0.2, 0.25) is 0 Å². The molecule has 31 N–H and O–H groups in total. The maximum Gasteiger partial charge on any atom is 0.326 e. The number of amides is 19. The number of rotatable bonds is 68. The van der Waals surface area contributed by atoms with Crippen molar-refractivity contribution >= 4 is 152 Å². The molecule has 5 rings (SSSR count). The summed E-state index contributed by atoms with van der Waals surface area (Å²) < 4.78 is 0. The number of benzene rings is 2. The minimum Gasteiger partial charge on any atom is -0.481 e. The number of fused-ring (bicyclic) bond motifs is 2. The fourth-order valence-corrected chi connectivity index (χ4v) is 17.1. The van der Waals surface area contributed by atoms with Crippen LogP contribution in [0.5, 0.6) is 0 Å². The summed E-state index contributed by atoms with van der Waals surface area (Å²) in [6.45, 7) is 22.5. The predicted molar refractivity (Wildman–Crippen MR) is 552 cm³/mol. The Labute approximate surface area is 871 Å². The van der Waals surface area contributed by atoms with Crippen LogP contribution in [0.25, 0.3) is 21.8 Å². The number of carboxylic acid groups (broad SMARTS) is 3. The Morgan fingerprint density at radius 3 is 1.19 bits per heavy atom. The molecule has 4 aromatic rings. The fourth-order valence-electron chi connectivity index (χ4n) is 17.1. The van der Waals surface area contributed by atoms with Gasteiger partial charge < -0.3 is 144 Å². The minimum atomic E-state index is -2.03. The Hall–Kier alpha value is -14.3. The number of carbonyl (C=O) groups is 22. The predicted octanol–water partition coefficient (Wildman–Crippen LogP) is -1.86. The average Bonchev–Trinajstić information content (AvgIpc) is 1.67. The number of hydrogen-bond acceptors (Lipinski definition) is 25. The number of nitrogens with one attached hydrogen (secondary N) is 18. The van der Waals surface area contributed by atoms with Crippen molar-refractivity contribution in [2.75, 3.05) is 32.7 Å². The number of carboxylic acids is 3. The summed E-state index contributed by atoms with van der Waals surface area (Å²) in [5.41, 5.74) is 31.2. The molecule has 0 saturated carbocycles. The molecule has 0 radical (unpaired) electrons. The standard InChI is InChI=1S/C101H158N24O25/c1-15-56(13)84(99(147)120-74(46-82(132)133)96(144)121-75(45-78(106)127)100(148)125-37-25-32-76(125)97(145)110-50-80(129)122-85(101(149)150)57(14)16-2)124-89(137)66(31-22-24-36-103)112-95(143)73(43-59-48-108-64-29-20-18-27-61(59)64)118-92(140)70(40-53(7)8)117-91(139)69(39-52(5)6)116-88(136)65(30-21-23-35-102)111-79(128)49-109-87(135)68(38-51(3)4)115-93(141)71(41-54(9)10)119-98(146)83(55(11)12)123-90(138)67(33-34-77(105)126)113-94(142)72(114-86(134)62(104)44-81(130)131)42-58-47-107-63-28-19-17-26-60(58)63/h17-20,26-29,47-48,51-57,62,65-76,83-85,107-108H,15-16,21-25,30-46,49-50,102-104H2,1-14H3,(H2,105,126)(H2,106,127)(H,109,135)(H,110,145)(H,111,128)(H,112,143)(H,113,142)(H,114,134)(H,115,141)(H,116,136)(H,117,139)(H,118,140)(H,119,146)(H,120,147)(H,121,144)(H,122,129)(H,123,138)(H,124,137)(H,130,131)(H,132,133)(H,149,150)/t56-,57-,62-,65-,66-,67-,68-,69-,70-,71-,72-,73-,74-,75-,76-,83-,84-,85-/m0/s1. The van der Waals surface area contributed by atoms with E-state index < -0.39 is 290 Å². The second kappa shape index (κ2) is 62.9. The van der Waals surface area contributed by atoms with Crippen LogP contribution in [0, 0.1) is 41.4 Å². The van der Waals surface area contributed by atoms with Crippen molar-refractivity contribution in [3.05, 3.63) is 72.1 Å². The zero-order valence-electron chi connectivity index (χ0n) is 88.1. The third-order valence-electron chi connectivity index (χ3n) is 25.6. The first kappa shape index (κ1) is 126. The Morgan fingerprint density at radius 1 is 0.380 bits per heavy atom. The van der Waals surface area contributed by atoms with Crippen molar-refractivity contribution in [1.29, 1.82) is 0 Å². The van der Waals surface area contributed by atoms with Crippen LogP contribution in [0.15, 0.2) is 60.9 Å². The lowest BCUT2D eigenvalue weighted by Gasteiger charge is -2.30. The van der Waals surface area contributed by atoms with Gasteiger partial charge in [-0.2, -0.15) is 0 Å². The molecule has 2 aromatic heterocycles. The topological polar surface area (TPSA) is 794 Å². The van der Waals surface area contributed by atoms with E-state index in [9.17, 15) is 102 Å². The molecule has 0 unspecified atom stereocenters. The Bertz CT molecular complexity index is 5310. The van der Waals surface area contributed by atoms with E-state index >= 15 is 19.2 Å². The number of unbranched alkanes of at least 4 members (excludes halogenated alkanes) is 2. The van der Waals surface area contributed by atoms with Gasteiger partial charge in [-0.15, -0.1) is 0 Å². The van der Waals surface area contributed by atoms with Gasteiger partial charge in [-0.05, 0) is 161 Å². The van der Waals surface area contributed by atoms with Crippen LogP contribution in [-0.2, 0) is 118 Å². The van der Waals surface area contributed by atoms with Gasteiger partial charge in [0.25, 0.3) is 0 Å². The Balaban J connectivity index is 1.35. The number of primary amides is 2. The van der Waals surface area contributed by atoms with E-state index in [-0.39, 0.29) is 127 Å². The molecule has 0 aliphatic carbocycles. The number of carbonyl (C=O) groups excluding carboxylic acids is 19. The summed E-state index contributed by atoms with van der Waals surface area (Å²) in [4.78, 5) is 313. The van der Waals surface area contributed by atoms with E-state index in [1.54, 1.807) is 158 Å². The fraction of sp³-hybridized carbons (Fsp3) is 0.624. The zero-order chi connectivity index (χ0) is 112. The van der Waals surface area contributed by atoms with Crippen molar-refractivity contribution < 1.29 is 121 Å². The van der Waals surface area contributed by atoms with Gasteiger partial charge in [0.2, 0.25) is 112 Å². The average molecular weight is 2110 g/mol. The molecule has 2 aromatic carbocycles. The van der Waals surface area contributed by atoms with Crippen LogP contribution < -0.4 is 114 Å². The highest BCUT2D eigenvalue weighted by atomic mass is 16.4. The lowest BCUT2D eigenvalue weighted by atomic mass is 9.96. The van der Waals surface area contributed by atoms with E-state index in [2.05, 4.69) is 95.0 Å². The number of likely N-dealkylation sites (tertiary alicyclic amines) is 1. The molecule has 49 nitrogen and oxygen atoms in total. The third-order valence-corrected chi connectivity index (χ3v) is 25.6. The highest BCUT2D eigenvalue weighted by molar-refractivity contribution is 6.03. The zero-order valence-corrected chi connectivity index (χ0v) is 88.1. The van der Waals surface area contributed by atoms with Crippen molar-refractivity contribution in [2.45, 2.75) is 328 Å². The maximum atomic E-state index is 15.3. The molecule has 18 atom stereocenters. The lowest BCUT2D eigenvalue weighted by Crippen LogP contribution is -2.62. The van der Waals surface area contributed by atoms with Crippen LogP contribution in [0.1, 0.15) is 230 Å². The SMILES string of the molecule is CC[C@H](C)[C@H](NC(=O)CNC(=O)[C@@H]1CCCN1C(=O)[C@H](CC(N)=O)NC(=O)[C@H](CC(=O)O)NC(=O)[C@@H](NC(=O)[C@H](CCCCN)NC(=O)[C@H](Cc1c[nH]c2ccccc12)NC(=O)[C@H](CC(C)C)NC(=O)[C@H](CC(C)C)NC(=O)[C@H](CCCCN)NC(=O)CNC(=O)[C@H](CC(C)C)NC(=O)[C@H](CC(C)C)NC(=O)[C@@H](NC(=O)[C@H](CCC(N)=O)NC(=O)[C@H](Cc1c[nH]c2ccccc12)NC(=O)[C@@H](N)CC(=O)O)C(C)C)[C@@H](C)CC)C(=O)O. The Kier molecular flexibility index (Phi) is 52.9. The number of aromatic nitrogens is 2. The quantitative estimate of drug-likeness (QED) is 0.0216. The smallest absolute Gasteiger partial charge is 0.326 e. The normalized spacial score (nSPS) is 15.9. The molecule has 49 heteroatoms. The largest absolute Gasteiger partial charge is 0.481 e. The van der Waals surface area contributed by atoms with Gasteiger partial charge in [-0.1, -0.05) is 146 Å². The summed E-state index contributed by atoms with van der Waals surface area (Å²) in [6.07, 6.45) is 0.687. The number of hydrogen-bond donors (Lipinski definition) is 26. The molecule has 0 bridgehead atoms. The molecular formula is C101H158N24O25. The summed E-state index contributed by atoms with van der Waals surface area (Å²) in [5.74, 6) is -25.7. The van der Waals surface area contributed by atoms with Gasteiger partial charge in [0.15, 0.2) is 0 Å². The van der Waals surface area contributed by atoms with E-state index in [1.807, 2.05) is 0 Å². The van der Waals surface area contributed by atoms with Gasteiger partial charge in [0, 0.05) is 60.0 Å². The number of para-hydroxylation sites is 2. The summed E-state index contributed by atoms with van der Waals surface area (Å²) in [6, 6.07) is -10.2. The molecule has 19 amide bonds. The molecule has 0 spiro atoms. The van der Waals surface area contributed by atoms with Crippen LogP contribution in [-0.4, -0.2) is 290 Å². The third kappa shape index (κ3) is 42.0. The molecule has 1 aliphatic heterocycles. The van der Waals surface area contributed by atoms with Crippen LogP contribution in [0.4, 0.5) is 0 Å². The molecule has 1 saturated heterocycles. The first-order valence-electron chi connectivity index (χ1n) is 51.3. The monoisotopic (exact) mass is 2110 g/mol. The van der Waals surface area contributed by atoms with Gasteiger partial charge in [0.05, 0.1) is 38.4 Å². The highest BCUT2D eigenvalue weighted by Gasteiger charge is 2.44. The first-order chi connectivity index (χ1) is 70.7. The molecule has 1 aliphatic rings. The van der Waals surface area contributed by atoms with Gasteiger partial charge in [-0.25, -0.2) is 4.79 Å². The maximum absolute atomic E-state index is 15.3. The lowest BCUT2D eigenvalue weighted by molar-refractivity contribution is -0.145. The van der Waals surface area contributed by atoms with Gasteiger partial charge in [-0.3, -0.25) is 101 Å². The molecule has 150 heavy (non-hydrogen) atoms. The van der Waals surface area contributed by atoms with Crippen LogP contribution >= 0.6 is 0 Å². The minimum absolute atomic E-state index is 0.0153. The van der Waals surface area contributed by atoms with E-state index in [4.69, 9.17) is 28.7 Å². The number of nitrogens with two attached hydrogens (primary N) is 5. The Morgan fingerprint density at radius 2 is 0.747 bits per heavy atom. The van der Waals surface area contributed by atoms with Gasteiger partial charge in [0.1, 0.15) is 90.6 Å². The summed E-state index contributed by atoms with van der Waals surface area (Å²) >= 11 is 0. The van der Waals surface area contributed by atoms with Crippen LogP contribution in [0.3, 0.4) is 0 Å². The molecular weight excluding hydrogens is 1950 g/mol. The second-order valence-electron chi connectivity index (χ2n) is 40.4. The van der Waals surface area contributed by atoms with E-state index in [0.29, 0.717) is 52.2 Å². The van der Waals surface area contributed by atoms with Crippen molar-refractivity contribution in [3.8, 4) is 0 Å². The molecule has 1 fully saturated rings. The molecule has 832 valence electrons. The number of H-pyrrole nitrogens is 2. The number of aromatic amines is 2.